The van der Waals surface area contributed by atoms with Crippen molar-refractivity contribution in [1.82, 2.24) is 0 Å². The standard InChI is InChI=1S/C19H18N2O6/c1-11-3-5-15(26-2)13(7-11)20-17(22)9-21-14-8-12(19(24)25)4-6-16(14)27-10-18(21)23/h3-8H,9-10H2,1-2H3,(H,20,22)(H,24,25). The molecule has 8 nitrogen and oxygen atoms in total. The molecule has 0 aliphatic carbocycles. The molecule has 3 rings (SSSR count). The van der Waals surface area contributed by atoms with Crippen molar-refractivity contribution in [2.45, 2.75) is 6.92 Å². The van der Waals surface area contributed by atoms with Crippen LogP contribution in [0.1, 0.15) is 15.9 Å². The number of rotatable bonds is 5. The van der Waals surface area contributed by atoms with E-state index in [1.54, 1.807) is 12.1 Å². The molecule has 1 aliphatic rings. The van der Waals surface area contributed by atoms with Crippen molar-refractivity contribution in [3.63, 3.8) is 0 Å². The van der Waals surface area contributed by atoms with Gasteiger partial charge in [-0.15, -0.1) is 0 Å². The van der Waals surface area contributed by atoms with Gasteiger partial charge in [-0.1, -0.05) is 6.07 Å². The SMILES string of the molecule is COc1ccc(C)cc1NC(=O)CN1C(=O)COc2ccc(C(=O)O)cc21. The van der Waals surface area contributed by atoms with Crippen molar-refractivity contribution in [3.8, 4) is 11.5 Å². The number of amides is 2. The number of fused-ring (bicyclic) bond motifs is 1. The Balaban J connectivity index is 1.84. The minimum absolute atomic E-state index is 0.00203. The van der Waals surface area contributed by atoms with E-state index in [9.17, 15) is 14.4 Å². The van der Waals surface area contributed by atoms with E-state index in [0.717, 1.165) is 5.56 Å². The first-order chi connectivity index (χ1) is 12.9. The number of nitrogens with zero attached hydrogens (tertiary/aromatic N) is 1. The zero-order chi connectivity index (χ0) is 19.6. The molecular weight excluding hydrogens is 352 g/mol. The van der Waals surface area contributed by atoms with E-state index in [-0.39, 0.29) is 24.4 Å². The first-order valence-corrected chi connectivity index (χ1v) is 8.14. The highest BCUT2D eigenvalue weighted by Crippen LogP contribution is 2.33. The van der Waals surface area contributed by atoms with Crippen LogP contribution in [0.5, 0.6) is 11.5 Å². The van der Waals surface area contributed by atoms with Crippen molar-refractivity contribution in [2.24, 2.45) is 0 Å². The van der Waals surface area contributed by atoms with Crippen LogP contribution in [0.25, 0.3) is 0 Å². The Hall–Kier alpha value is -3.55. The van der Waals surface area contributed by atoms with Crippen LogP contribution in [-0.4, -0.2) is 43.2 Å². The average Bonchev–Trinajstić information content (AvgIpc) is 2.64. The largest absolute Gasteiger partial charge is 0.495 e. The third kappa shape index (κ3) is 3.84. The number of carbonyl (C=O) groups excluding carboxylic acids is 2. The highest BCUT2D eigenvalue weighted by Gasteiger charge is 2.28. The topological polar surface area (TPSA) is 105 Å². The summed E-state index contributed by atoms with van der Waals surface area (Å²) in [5.74, 6) is -1.17. The molecule has 1 heterocycles. The minimum atomic E-state index is -1.13. The summed E-state index contributed by atoms with van der Waals surface area (Å²) in [6, 6.07) is 9.51. The number of hydrogen-bond acceptors (Lipinski definition) is 5. The van der Waals surface area contributed by atoms with Gasteiger partial charge in [0.2, 0.25) is 5.91 Å². The van der Waals surface area contributed by atoms with Gasteiger partial charge in [0.25, 0.3) is 5.91 Å². The molecule has 2 aromatic rings. The van der Waals surface area contributed by atoms with Crippen LogP contribution in [0.3, 0.4) is 0 Å². The van der Waals surface area contributed by atoms with Gasteiger partial charge in [-0.05, 0) is 42.8 Å². The predicted octanol–water partition coefficient (Wildman–Crippen LogP) is 2.07. The summed E-state index contributed by atoms with van der Waals surface area (Å²) < 4.78 is 10.5. The molecule has 0 radical (unpaired) electrons. The highest BCUT2D eigenvalue weighted by atomic mass is 16.5. The van der Waals surface area contributed by atoms with Gasteiger partial charge < -0.3 is 19.9 Å². The zero-order valence-corrected chi connectivity index (χ0v) is 14.8. The lowest BCUT2D eigenvalue weighted by Crippen LogP contribution is -2.43. The number of carbonyl (C=O) groups is 3. The van der Waals surface area contributed by atoms with Crippen molar-refractivity contribution in [2.75, 3.05) is 30.5 Å². The molecule has 8 heteroatoms. The van der Waals surface area contributed by atoms with E-state index in [1.165, 1.54) is 30.2 Å². The van der Waals surface area contributed by atoms with Crippen molar-refractivity contribution in [1.29, 1.82) is 0 Å². The highest BCUT2D eigenvalue weighted by molar-refractivity contribution is 6.06. The van der Waals surface area contributed by atoms with Crippen molar-refractivity contribution >= 4 is 29.2 Å². The molecule has 2 amide bonds. The van der Waals surface area contributed by atoms with Crippen molar-refractivity contribution < 1.29 is 29.0 Å². The number of anilines is 2. The second kappa shape index (κ2) is 7.36. The third-order valence-corrected chi connectivity index (χ3v) is 4.08. The fraction of sp³-hybridized carbons (Fsp3) is 0.211. The number of nitrogens with one attached hydrogen (secondary N) is 1. The summed E-state index contributed by atoms with van der Waals surface area (Å²) in [5, 5.41) is 11.9. The van der Waals surface area contributed by atoms with Gasteiger partial charge in [0.05, 0.1) is 24.0 Å². The molecule has 1 aliphatic heterocycles. The van der Waals surface area contributed by atoms with Gasteiger partial charge >= 0.3 is 5.97 Å². The minimum Gasteiger partial charge on any atom is -0.495 e. The summed E-state index contributed by atoms with van der Waals surface area (Å²) in [6.07, 6.45) is 0. The molecule has 0 atom stereocenters. The second-order valence-electron chi connectivity index (χ2n) is 6.01. The Labute approximate surface area is 155 Å². The van der Waals surface area contributed by atoms with Gasteiger partial charge in [-0.25, -0.2) is 4.79 Å². The number of hydrogen-bond donors (Lipinski definition) is 2. The number of aryl methyl sites for hydroxylation is 1. The first kappa shape index (κ1) is 18.2. The second-order valence-corrected chi connectivity index (χ2v) is 6.01. The van der Waals surface area contributed by atoms with Crippen LogP contribution >= 0.6 is 0 Å². The monoisotopic (exact) mass is 370 g/mol. The molecule has 0 aromatic heterocycles. The molecule has 140 valence electrons. The van der Waals surface area contributed by atoms with E-state index in [4.69, 9.17) is 14.6 Å². The summed E-state index contributed by atoms with van der Waals surface area (Å²) >= 11 is 0. The van der Waals surface area contributed by atoms with Crippen LogP contribution in [0.4, 0.5) is 11.4 Å². The van der Waals surface area contributed by atoms with Gasteiger partial charge in [0.1, 0.15) is 18.0 Å². The Bertz CT molecular complexity index is 924. The van der Waals surface area contributed by atoms with E-state index >= 15 is 0 Å². The average molecular weight is 370 g/mol. The Morgan fingerprint density at radius 3 is 2.74 bits per heavy atom. The summed E-state index contributed by atoms with van der Waals surface area (Å²) in [4.78, 5) is 37.2. The summed E-state index contributed by atoms with van der Waals surface area (Å²) in [7, 11) is 1.50. The molecule has 2 aromatic carbocycles. The number of benzene rings is 2. The van der Waals surface area contributed by atoms with Crippen LogP contribution in [-0.2, 0) is 9.59 Å². The van der Waals surface area contributed by atoms with Crippen molar-refractivity contribution in [3.05, 3.63) is 47.5 Å². The number of carboxylic acid groups (broad SMARTS) is 1. The van der Waals surface area contributed by atoms with Gasteiger partial charge in [-0.3, -0.25) is 14.5 Å². The Kier molecular flexibility index (Phi) is 4.98. The Morgan fingerprint density at radius 2 is 2.04 bits per heavy atom. The van der Waals surface area contributed by atoms with Crippen LogP contribution in [0.2, 0.25) is 0 Å². The predicted molar refractivity (Wildman–Crippen MR) is 97.6 cm³/mol. The van der Waals surface area contributed by atoms with E-state index in [1.807, 2.05) is 13.0 Å². The molecule has 0 saturated heterocycles. The molecule has 0 saturated carbocycles. The maximum Gasteiger partial charge on any atom is 0.335 e. The quantitative estimate of drug-likeness (QED) is 0.835. The van der Waals surface area contributed by atoms with E-state index in [2.05, 4.69) is 5.32 Å². The van der Waals surface area contributed by atoms with Gasteiger partial charge in [0.15, 0.2) is 6.61 Å². The first-order valence-electron chi connectivity index (χ1n) is 8.14. The number of aromatic carboxylic acids is 1. The third-order valence-electron chi connectivity index (χ3n) is 4.08. The fourth-order valence-electron chi connectivity index (χ4n) is 2.76. The maximum atomic E-state index is 12.5. The lowest BCUT2D eigenvalue weighted by molar-refractivity contribution is -0.123. The lowest BCUT2D eigenvalue weighted by Gasteiger charge is -2.29. The normalized spacial score (nSPS) is 12.8. The number of methoxy groups -OCH3 is 1. The smallest absolute Gasteiger partial charge is 0.335 e. The van der Waals surface area contributed by atoms with E-state index < -0.39 is 17.8 Å². The molecule has 2 N–H and O–H groups in total. The summed E-state index contributed by atoms with van der Waals surface area (Å²) in [6.45, 7) is 1.38. The van der Waals surface area contributed by atoms with Gasteiger partial charge in [0, 0.05) is 0 Å². The molecule has 0 spiro atoms. The maximum absolute atomic E-state index is 12.5. The summed E-state index contributed by atoms with van der Waals surface area (Å²) in [5.41, 5.74) is 1.67. The fourth-order valence-corrected chi connectivity index (χ4v) is 2.76. The van der Waals surface area contributed by atoms with Crippen LogP contribution < -0.4 is 19.7 Å². The lowest BCUT2D eigenvalue weighted by atomic mass is 10.1. The molecular formula is C19H18N2O6. The van der Waals surface area contributed by atoms with Crippen LogP contribution in [0.15, 0.2) is 36.4 Å². The molecule has 0 fully saturated rings. The number of ether oxygens (including phenoxy) is 2. The van der Waals surface area contributed by atoms with Crippen LogP contribution in [0, 0.1) is 6.92 Å². The molecule has 27 heavy (non-hydrogen) atoms. The number of carboxylic acids is 1. The van der Waals surface area contributed by atoms with E-state index in [0.29, 0.717) is 17.2 Å². The van der Waals surface area contributed by atoms with Gasteiger partial charge in [-0.2, -0.15) is 0 Å². The zero-order valence-electron chi connectivity index (χ0n) is 14.8. The molecule has 0 bridgehead atoms. The molecule has 0 unspecified atom stereocenters. The Morgan fingerprint density at radius 1 is 1.26 bits per heavy atom.